The van der Waals surface area contributed by atoms with Crippen LogP contribution < -0.4 is 10.1 Å². The smallest absolute Gasteiger partial charge is 0.325 e. The van der Waals surface area contributed by atoms with Gasteiger partial charge < -0.3 is 15.0 Å². The lowest BCUT2D eigenvalue weighted by Crippen LogP contribution is -2.48. The summed E-state index contributed by atoms with van der Waals surface area (Å²) in [5.41, 5.74) is 0.350. The molecule has 1 atom stereocenters. The third-order valence-corrected chi connectivity index (χ3v) is 6.46. The average molecular weight is 414 g/mol. The van der Waals surface area contributed by atoms with Gasteiger partial charge in [0.25, 0.3) is 5.91 Å². The second-order valence-electron chi connectivity index (χ2n) is 8.83. The number of benzene rings is 1. The third kappa shape index (κ3) is 4.16. The number of urea groups is 1. The molecule has 1 aliphatic carbocycles. The molecule has 4 rings (SSSR count). The van der Waals surface area contributed by atoms with Crippen molar-refractivity contribution in [3.05, 3.63) is 29.8 Å². The van der Waals surface area contributed by atoms with E-state index in [1.807, 2.05) is 29.2 Å². The number of hydrogen-bond donors (Lipinski definition) is 1. The molecule has 0 radical (unpaired) electrons. The van der Waals surface area contributed by atoms with Gasteiger partial charge in [-0.05, 0) is 37.0 Å². The van der Waals surface area contributed by atoms with Gasteiger partial charge in [0, 0.05) is 32.0 Å². The van der Waals surface area contributed by atoms with Crippen LogP contribution in [0.2, 0.25) is 0 Å². The summed E-state index contributed by atoms with van der Waals surface area (Å²) in [6, 6.07) is 7.53. The number of ether oxygens (including phenoxy) is 1. The largest absolute Gasteiger partial charge is 0.494 e. The second-order valence-corrected chi connectivity index (χ2v) is 8.83. The molecule has 2 heterocycles. The zero-order chi connectivity index (χ0) is 21.1. The van der Waals surface area contributed by atoms with Gasteiger partial charge in [-0.2, -0.15) is 0 Å². The topological polar surface area (TPSA) is 79.0 Å². The number of imide groups is 1. The maximum absolute atomic E-state index is 13.0. The van der Waals surface area contributed by atoms with E-state index in [2.05, 4.69) is 12.2 Å². The van der Waals surface area contributed by atoms with E-state index in [0.717, 1.165) is 49.8 Å². The summed E-state index contributed by atoms with van der Waals surface area (Å²) in [7, 11) is 0. The summed E-state index contributed by atoms with van der Waals surface area (Å²) in [5.74, 6) is 0.797. The van der Waals surface area contributed by atoms with Crippen LogP contribution in [0, 0.1) is 5.92 Å². The summed E-state index contributed by atoms with van der Waals surface area (Å²) in [5, 5.41) is 2.95. The van der Waals surface area contributed by atoms with E-state index in [1.54, 1.807) is 0 Å². The van der Waals surface area contributed by atoms with Gasteiger partial charge in [-0.3, -0.25) is 14.5 Å². The fourth-order valence-corrected chi connectivity index (χ4v) is 4.85. The lowest BCUT2D eigenvalue weighted by atomic mass is 9.81. The molecule has 7 nitrogen and oxygen atoms in total. The standard InChI is InChI=1S/C23H31N3O4/c1-2-12-30-19-8-6-17(7-9-19)14-25-15-18(13-20(25)27)16-26-21(28)23(24-22(26)29)10-4-3-5-11-23/h6-9,18H,2-5,10-16H2,1H3,(H,24,29). The molecule has 1 aromatic rings. The molecule has 1 saturated carbocycles. The first-order valence-corrected chi connectivity index (χ1v) is 11.1. The van der Waals surface area contributed by atoms with Crippen molar-refractivity contribution in [2.45, 2.75) is 64.0 Å². The van der Waals surface area contributed by atoms with Crippen molar-refractivity contribution in [3.63, 3.8) is 0 Å². The van der Waals surface area contributed by atoms with Crippen molar-refractivity contribution in [1.82, 2.24) is 15.1 Å². The molecule has 3 aliphatic rings. The van der Waals surface area contributed by atoms with Crippen LogP contribution >= 0.6 is 0 Å². The molecule has 3 fully saturated rings. The Morgan fingerprint density at radius 2 is 1.83 bits per heavy atom. The minimum atomic E-state index is -0.695. The molecular weight excluding hydrogens is 382 g/mol. The van der Waals surface area contributed by atoms with Crippen LogP contribution in [0.15, 0.2) is 24.3 Å². The number of hydrogen-bond acceptors (Lipinski definition) is 4. The minimum absolute atomic E-state index is 0.0156. The van der Waals surface area contributed by atoms with Crippen LogP contribution in [0.5, 0.6) is 5.75 Å². The van der Waals surface area contributed by atoms with Gasteiger partial charge in [-0.15, -0.1) is 0 Å². The van der Waals surface area contributed by atoms with Gasteiger partial charge in [0.05, 0.1) is 6.61 Å². The summed E-state index contributed by atoms with van der Waals surface area (Å²) in [4.78, 5) is 41.2. The predicted molar refractivity (Wildman–Crippen MR) is 112 cm³/mol. The highest BCUT2D eigenvalue weighted by molar-refractivity contribution is 6.07. The summed E-state index contributed by atoms with van der Waals surface area (Å²) in [6.45, 7) is 4.18. The Hall–Kier alpha value is -2.57. The van der Waals surface area contributed by atoms with Crippen molar-refractivity contribution in [3.8, 4) is 5.75 Å². The van der Waals surface area contributed by atoms with E-state index in [-0.39, 0.29) is 23.8 Å². The molecule has 0 bridgehead atoms. The SMILES string of the molecule is CCCOc1ccc(CN2CC(CN3C(=O)NC4(CCCCC4)C3=O)CC2=O)cc1. The molecule has 4 amide bonds. The maximum Gasteiger partial charge on any atom is 0.325 e. The molecule has 0 aromatic heterocycles. The van der Waals surface area contributed by atoms with E-state index < -0.39 is 5.54 Å². The molecule has 1 N–H and O–H groups in total. The van der Waals surface area contributed by atoms with E-state index in [9.17, 15) is 14.4 Å². The fourth-order valence-electron chi connectivity index (χ4n) is 4.85. The van der Waals surface area contributed by atoms with Crippen molar-refractivity contribution >= 4 is 17.8 Å². The first-order chi connectivity index (χ1) is 14.5. The van der Waals surface area contributed by atoms with Crippen LogP contribution in [0.25, 0.3) is 0 Å². The monoisotopic (exact) mass is 413 g/mol. The Balaban J connectivity index is 1.33. The molecule has 1 aromatic carbocycles. The zero-order valence-electron chi connectivity index (χ0n) is 17.7. The Morgan fingerprint density at radius 1 is 1.10 bits per heavy atom. The van der Waals surface area contributed by atoms with Crippen LogP contribution in [-0.2, 0) is 16.1 Å². The minimum Gasteiger partial charge on any atom is -0.494 e. The van der Waals surface area contributed by atoms with Gasteiger partial charge in [0.2, 0.25) is 5.91 Å². The van der Waals surface area contributed by atoms with E-state index in [4.69, 9.17) is 4.74 Å². The summed E-state index contributed by atoms with van der Waals surface area (Å²) in [6.07, 6.45) is 5.84. The number of carbonyl (C=O) groups is 3. The summed E-state index contributed by atoms with van der Waals surface area (Å²) < 4.78 is 5.60. The Kier molecular flexibility index (Phi) is 5.97. The van der Waals surface area contributed by atoms with Gasteiger partial charge in [-0.25, -0.2) is 4.79 Å². The van der Waals surface area contributed by atoms with Gasteiger partial charge in [-0.1, -0.05) is 38.3 Å². The van der Waals surface area contributed by atoms with Gasteiger partial charge in [0.15, 0.2) is 0 Å². The molecule has 162 valence electrons. The van der Waals surface area contributed by atoms with Gasteiger partial charge >= 0.3 is 6.03 Å². The number of amides is 4. The number of nitrogens with one attached hydrogen (secondary N) is 1. The Bertz CT molecular complexity index is 801. The highest BCUT2D eigenvalue weighted by Crippen LogP contribution is 2.34. The molecular formula is C23H31N3O4. The van der Waals surface area contributed by atoms with Crippen LogP contribution in [0.4, 0.5) is 4.79 Å². The average Bonchev–Trinajstić information content (AvgIpc) is 3.20. The lowest BCUT2D eigenvalue weighted by Gasteiger charge is -2.30. The van der Waals surface area contributed by atoms with Crippen LogP contribution in [0.3, 0.4) is 0 Å². The van der Waals surface area contributed by atoms with Crippen LogP contribution in [-0.4, -0.2) is 52.9 Å². The summed E-state index contributed by atoms with van der Waals surface area (Å²) >= 11 is 0. The Morgan fingerprint density at radius 3 is 2.53 bits per heavy atom. The highest BCUT2D eigenvalue weighted by Gasteiger charge is 2.52. The molecule has 1 unspecified atom stereocenters. The third-order valence-electron chi connectivity index (χ3n) is 6.46. The van der Waals surface area contributed by atoms with E-state index >= 15 is 0 Å². The number of likely N-dealkylation sites (tertiary alicyclic amines) is 1. The number of rotatable bonds is 7. The quantitative estimate of drug-likeness (QED) is 0.697. The van der Waals surface area contributed by atoms with Crippen molar-refractivity contribution < 1.29 is 19.1 Å². The Labute approximate surface area is 177 Å². The van der Waals surface area contributed by atoms with Crippen molar-refractivity contribution in [1.29, 1.82) is 0 Å². The fraction of sp³-hybridized carbons (Fsp3) is 0.609. The van der Waals surface area contributed by atoms with Crippen LogP contribution in [0.1, 0.15) is 57.4 Å². The number of nitrogens with zero attached hydrogens (tertiary/aromatic N) is 2. The van der Waals surface area contributed by atoms with Crippen molar-refractivity contribution in [2.24, 2.45) is 5.92 Å². The molecule has 2 aliphatic heterocycles. The molecule has 7 heteroatoms. The lowest BCUT2D eigenvalue weighted by molar-refractivity contribution is -0.133. The normalized spacial score (nSPS) is 23.4. The van der Waals surface area contributed by atoms with E-state index in [0.29, 0.717) is 32.7 Å². The highest BCUT2D eigenvalue weighted by atomic mass is 16.5. The second kappa shape index (κ2) is 8.66. The molecule has 1 spiro atoms. The molecule has 2 saturated heterocycles. The first-order valence-electron chi connectivity index (χ1n) is 11.1. The first kappa shape index (κ1) is 20.7. The zero-order valence-corrected chi connectivity index (χ0v) is 17.7. The maximum atomic E-state index is 13.0. The predicted octanol–water partition coefficient (Wildman–Crippen LogP) is 3.08. The van der Waals surface area contributed by atoms with Gasteiger partial charge in [0.1, 0.15) is 11.3 Å². The molecule has 30 heavy (non-hydrogen) atoms. The van der Waals surface area contributed by atoms with E-state index in [1.165, 1.54) is 4.90 Å². The number of carbonyl (C=O) groups excluding carboxylic acids is 3. The van der Waals surface area contributed by atoms with Crippen molar-refractivity contribution in [2.75, 3.05) is 19.7 Å².